The molecule has 0 radical (unpaired) electrons. The van der Waals surface area contributed by atoms with Gasteiger partial charge in [0.15, 0.2) is 0 Å². The van der Waals surface area contributed by atoms with E-state index in [9.17, 15) is 18.0 Å². The molecule has 1 amide bonds. The van der Waals surface area contributed by atoms with Gasteiger partial charge in [0.25, 0.3) is 0 Å². The van der Waals surface area contributed by atoms with Gasteiger partial charge in [-0.25, -0.2) is 0 Å². The fourth-order valence-corrected chi connectivity index (χ4v) is 2.74. The van der Waals surface area contributed by atoms with Crippen LogP contribution in [0.1, 0.15) is 32.1 Å². The van der Waals surface area contributed by atoms with E-state index in [-0.39, 0.29) is 19.1 Å². The number of methoxy groups -OCH3 is 1. The topological polar surface area (TPSA) is 64.3 Å². The van der Waals surface area contributed by atoms with Gasteiger partial charge in [-0.15, -0.1) is 0 Å². The molecule has 0 saturated heterocycles. The number of hydrogen-bond donors (Lipinski definition) is 2. The average molecular weight is 296 g/mol. The van der Waals surface area contributed by atoms with Gasteiger partial charge in [0, 0.05) is 13.0 Å². The minimum atomic E-state index is -4.31. The Morgan fingerprint density at radius 1 is 1.40 bits per heavy atom. The van der Waals surface area contributed by atoms with Crippen LogP contribution in [-0.2, 0) is 9.53 Å². The smallest absolute Gasteiger partial charge is 0.383 e. The standard InChI is InChI=1S/C13H23F3N2O2/c1-20-8-9(6-7-17)18-12(19)10-4-2-3-5-11(10)13(14,15)16/h9-11H,2-8,17H2,1H3,(H,18,19). The summed E-state index contributed by atoms with van der Waals surface area (Å²) in [5, 5.41) is 2.65. The first-order chi connectivity index (χ1) is 9.40. The summed E-state index contributed by atoms with van der Waals surface area (Å²) in [6.07, 6.45) is -2.31. The second-order valence-corrected chi connectivity index (χ2v) is 5.28. The van der Waals surface area contributed by atoms with Crippen LogP contribution < -0.4 is 11.1 Å². The normalized spacial score (nSPS) is 25.2. The fourth-order valence-electron chi connectivity index (χ4n) is 2.74. The van der Waals surface area contributed by atoms with E-state index in [4.69, 9.17) is 10.5 Å². The molecule has 0 aromatic carbocycles. The maximum Gasteiger partial charge on any atom is 0.392 e. The van der Waals surface area contributed by atoms with E-state index in [1.54, 1.807) is 0 Å². The first-order valence-corrected chi connectivity index (χ1v) is 6.96. The van der Waals surface area contributed by atoms with Gasteiger partial charge in [-0.3, -0.25) is 4.79 Å². The van der Waals surface area contributed by atoms with Crippen LogP contribution in [0.25, 0.3) is 0 Å². The number of carbonyl (C=O) groups is 1. The van der Waals surface area contributed by atoms with Crippen molar-refractivity contribution in [1.82, 2.24) is 5.32 Å². The van der Waals surface area contributed by atoms with Crippen molar-refractivity contribution in [2.45, 2.75) is 44.3 Å². The molecule has 0 spiro atoms. The lowest BCUT2D eigenvalue weighted by atomic mass is 9.78. The van der Waals surface area contributed by atoms with Crippen molar-refractivity contribution >= 4 is 5.91 Å². The third-order valence-corrected chi connectivity index (χ3v) is 3.75. The highest BCUT2D eigenvalue weighted by atomic mass is 19.4. The Bertz CT molecular complexity index is 304. The van der Waals surface area contributed by atoms with E-state index in [2.05, 4.69) is 5.32 Å². The highest BCUT2D eigenvalue weighted by Gasteiger charge is 2.48. The quantitative estimate of drug-likeness (QED) is 0.786. The molecule has 1 aliphatic rings. The van der Waals surface area contributed by atoms with Crippen LogP contribution in [0.15, 0.2) is 0 Å². The van der Waals surface area contributed by atoms with Gasteiger partial charge >= 0.3 is 6.18 Å². The summed E-state index contributed by atoms with van der Waals surface area (Å²) in [4.78, 5) is 12.1. The lowest BCUT2D eigenvalue weighted by molar-refractivity contribution is -0.198. The van der Waals surface area contributed by atoms with Crippen LogP contribution in [-0.4, -0.2) is 38.4 Å². The van der Waals surface area contributed by atoms with E-state index in [1.165, 1.54) is 7.11 Å². The molecule has 1 fully saturated rings. The molecule has 1 saturated carbocycles. The summed E-state index contributed by atoms with van der Waals surface area (Å²) in [5.41, 5.74) is 5.42. The SMILES string of the molecule is COCC(CCN)NC(=O)C1CCCCC1C(F)(F)F. The molecule has 0 aliphatic heterocycles. The van der Waals surface area contributed by atoms with Crippen molar-refractivity contribution in [3.05, 3.63) is 0 Å². The molecule has 1 rings (SSSR count). The number of rotatable bonds is 6. The number of alkyl halides is 3. The number of amides is 1. The second kappa shape index (κ2) is 7.83. The Hall–Kier alpha value is -0.820. The van der Waals surface area contributed by atoms with Crippen LogP contribution in [0.5, 0.6) is 0 Å². The van der Waals surface area contributed by atoms with E-state index < -0.39 is 23.9 Å². The first kappa shape index (κ1) is 17.2. The van der Waals surface area contributed by atoms with Crippen molar-refractivity contribution in [2.24, 2.45) is 17.6 Å². The van der Waals surface area contributed by atoms with Crippen molar-refractivity contribution in [2.75, 3.05) is 20.3 Å². The molecule has 0 bridgehead atoms. The molecule has 118 valence electrons. The Labute approximate surface area is 117 Å². The van der Waals surface area contributed by atoms with E-state index in [0.29, 0.717) is 32.2 Å². The summed E-state index contributed by atoms with van der Waals surface area (Å²) >= 11 is 0. The summed E-state index contributed by atoms with van der Waals surface area (Å²) in [5.74, 6) is -3.04. The fraction of sp³-hybridized carbons (Fsp3) is 0.923. The number of carbonyl (C=O) groups excluding carboxylic acids is 1. The van der Waals surface area contributed by atoms with Gasteiger partial charge in [-0.05, 0) is 25.8 Å². The second-order valence-electron chi connectivity index (χ2n) is 5.28. The average Bonchev–Trinajstić information content (AvgIpc) is 2.38. The molecule has 0 heterocycles. The van der Waals surface area contributed by atoms with Gasteiger partial charge < -0.3 is 15.8 Å². The zero-order chi connectivity index (χ0) is 15.2. The van der Waals surface area contributed by atoms with Crippen LogP contribution >= 0.6 is 0 Å². The minimum absolute atomic E-state index is 0.0351. The molecule has 7 heteroatoms. The molecular weight excluding hydrogens is 273 g/mol. The summed E-state index contributed by atoms with van der Waals surface area (Å²) in [6.45, 7) is 0.605. The predicted octanol–water partition coefficient (Wildman–Crippen LogP) is 1.84. The first-order valence-electron chi connectivity index (χ1n) is 6.96. The van der Waals surface area contributed by atoms with Crippen molar-refractivity contribution in [3.63, 3.8) is 0 Å². The maximum absolute atomic E-state index is 13.0. The number of hydrogen-bond acceptors (Lipinski definition) is 3. The van der Waals surface area contributed by atoms with E-state index in [1.807, 2.05) is 0 Å². The van der Waals surface area contributed by atoms with E-state index in [0.717, 1.165) is 0 Å². The zero-order valence-corrected chi connectivity index (χ0v) is 11.7. The number of nitrogens with two attached hydrogens (primary N) is 1. The number of ether oxygens (including phenoxy) is 1. The van der Waals surface area contributed by atoms with Crippen LogP contribution in [0.2, 0.25) is 0 Å². The molecule has 1 aliphatic carbocycles. The van der Waals surface area contributed by atoms with Crippen molar-refractivity contribution in [1.29, 1.82) is 0 Å². The molecule has 3 N–H and O–H groups in total. The Kier molecular flexibility index (Phi) is 6.75. The summed E-state index contributed by atoms with van der Waals surface area (Å²) in [7, 11) is 1.48. The van der Waals surface area contributed by atoms with Gasteiger partial charge in [-0.2, -0.15) is 13.2 Å². The Morgan fingerprint density at radius 3 is 2.60 bits per heavy atom. The lowest BCUT2D eigenvalue weighted by Crippen LogP contribution is -2.47. The molecule has 3 unspecified atom stereocenters. The van der Waals surface area contributed by atoms with Gasteiger partial charge in [0.05, 0.1) is 18.6 Å². The van der Waals surface area contributed by atoms with Gasteiger partial charge in [-0.1, -0.05) is 12.8 Å². The highest BCUT2D eigenvalue weighted by molar-refractivity contribution is 5.79. The highest BCUT2D eigenvalue weighted by Crippen LogP contribution is 2.41. The molecule has 20 heavy (non-hydrogen) atoms. The number of nitrogens with one attached hydrogen (secondary N) is 1. The summed E-state index contributed by atoms with van der Waals surface area (Å²) in [6, 6.07) is -0.326. The number of halogens is 3. The maximum atomic E-state index is 13.0. The van der Waals surface area contributed by atoms with Gasteiger partial charge in [0.1, 0.15) is 0 Å². The Balaban J connectivity index is 2.67. The van der Waals surface area contributed by atoms with Crippen LogP contribution in [0, 0.1) is 11.8 Å². The molecule has 0 aromatic heterocycles. The minimum Gasteiger partial charge on any atom is -0.383 e. The van der Waals surface area contributed by atoms with Crippen LogP contribution in [0.3, 0.4) is 0 Å². The zero-order valence-electron chi connectivity index (χ0n) is 11.7. The Morgan fingerprint density at radius 2 is 2.05 bits per heavy atom. The van der Waals surface area contributed by atoms with E-state index >= 15 is 0 Å². The lowest BCUT2D eigenvalue weighted by Gasteiger charge is -2.33. The van der Waals surface area contributed by atoms with Gasteiger partial charge in [0.2, 0.25) is 5.91 Å². The van der Waals surface area contributed by atoms with Crippen molar-refractivity contribution < 1.29 is 22.7 Å². The molecular formula is C13H23F3N2O2. The van der Waals surface area contributed by atoms with Crippen molar-refractivity contribution in [3.8, 4) is 0 Å². The van der Waals surface area contributed by atoms with Crippen LogP contribution in [0.4, 0.5) is 13.2 Å². The molecule has 4 nitrogen and oxygen atoms in total. The third kappa shape index (κ3) is 4.94. The summed E-state index contributed by atoms with van der Waals surface area (Å²) < 4.78 is 43.8. The monoisotopic (exact) mass is 296 g/mol. The molecule has 0 aromatic rings. The predicted molar refractivity (Wildman–Crippen MR) is 69.0 cm³/mol. The third-order valence-electron chi connectivity index (χ3n) is 3.75. The largest absolute Gasteiger partial charge is 0.392 e. The molecule has 3 atom stereocenters.